The second-order valence-corrected chi connectivity index (χ2v) is 6.96. The van der Waals surface area contributed by atoms with Crippen LogP contribution in [0, 0.1) is 6.92 Å². The van der Waals surface area contributed by atoms with Crippen molar-refractivity contribution in [2.45, 2.75) is 26.3 Å². The van der Waals surface area contributed by atoms with Crippen LogP contribution in [0.25, 0.3) is 0 Å². The van der Waals surface area contributed by atoms with Gasteiger partial charge in [-0.25, -0.2) is 4.79 Å². The van der Waals surface area contributed by atoms with Crippen molar-refractivity contribution >= 4 is 29.2 Å². The molecule has 0 aliphatic carbocycles. The molecule has 0 saturated carbocycles. The third-order valence-electron chi connectivity index (χ3n) is 4.94. The normalized spacial score (nSPS) is 15.5. The molecule has 0 radical (unpaired) electrons. The minimum absolute atomic E-state index is 0.140. The molecule has 1 aliphatic rings. The van der Waals surface area contributed by atoms with Gasteiger partial charge in [0, 0.05) is 18.0 Å². The van der Waals surface area contributed by atoms with E-state index in [2.05, 4.69) is 5.32 Å². The van der Waals surface area contributed by atoms with Crippen molar-refractivity contribution in [2.24, 2.45) is 0 Å². The van der Waals surface area contributed by atoms with Gasteiger partial charge in [0.25, 0.3) is 5.91 Å². The number of nitrogens with one attached hydrogen (secondary N) is 1. The second-order valence-electron chi connectivity index (χ2n) is 6.96. The van der Waals surface area contributed by atoms with Gasteiger partial charge in [0.2, 0.25) is 5.91 Å². The number of carbonyl (C=O) groups is 3. The van der Waals surface area contributed by atoms with E-state index in [0.717, 1.165) is 5.56 Å². The Labute approximate surface area is 174 Å². The number of para-hydroxylation sites is 2. The van der Waals surface area contributed by atoms with Gasteiger partial charge in [-0.2, -0.15) is 0 Å². The van der Waals surface area contributed by atoms with E-state index in [4.69, 9.17) is 14.2 Å². The fourth-order valence-electron chi connectivity index (χ4n) is 3.45. The number of hydrogen-bond donors (Lipinski definition) is 1. The molecule has 0 bridgehead atoms. The van der Waals surface area contributed by atoms with E-state index in [9.17, 15) is 14.4 Å². The molecule has 1 heterocycles. The predicted molar refractivity (Wildman–Crippen MR) is 111 cm³/mol. The van der Waals surface area contributed by atoms with Crippen molar-refractivity contribution in [2.75, 3.05) is 31.0 Å². The number of carbonyl (C=O) groups excluding carboxylic acids is 3. The molecule has 1 N–H and O–H groups in total. The average Bonchev–Trinajstić information content (AvgIpc) is 2.86. The fourth-order valence-corrected chi connectivity index (χ4v) is 3.45. The Morgan fingerprint density at radius 3 is 2.40 bits per heavy atom. The Hall–Kier alpha value is -3.55. The summed E-state index contributed by atoms with van der Waals surface area (Å²) in [6, 6.07) is 9.71. The highest BCUT2D eigenvalue weighted by Crippen LogP contribution is 2.32. The number of amides is 2. The molecule has 1 unspecified atom stereocenters. The van der Waals surface area contributed by atoms with E-state index >= 15 is 0 Å². The van der Waals surface area contributed by atoms with Crippen LogP contribution >= 0.6 is 0 Å². The van der Waals surface area contributed by atoms with E-state index in [0.29, 0.717) is 22.9 Å². The molecule has 2 amide bonds. The van der Waals surface area contributed by atoms with Crippen LogP contribution in [0.4, 0.5) is 11.4 Å². The highest BCUT2D eigenvalue weighted by Gasteiger charge is 2.30. The Kier molecular flexibility index (Phi) is 6.25. The number of hydrogen-bond acceptors (Lipinski definition) is 6. The van der Waals surface area contributed by atoms with Gasteiger partial charge in [-0.1, -0.05) is 12.1 Å². The largest absolute Gasteiger partial charge is 0.496 e. The third-order valence-corrected chi connectivity index (χ3v) is 4.94. The molecule has 0 fully saturated rings. The van der Waals surface area contributed by atoms with Gasteiger partial charge >= 0.3 is 5.97 Å². The molecule has 0 spiro atoms. The summed E-state index contributed by atoms with van der Waals surface area (Å²) >= 11 is 0. The molecule has 0 aromatic heterocycles. The van der Waals surface area contributed by atoms with Crippen LogP contribution in [0.15, 0.2) is 36.4 Å². The van der Waals surface area contributed by atoms with Crippen molar-refractivity contribution in [3.05, 3.63) is 47.5 Å². The number of nitrogens with zero attached hydrogens (tertiary/aromatic N) is 1. The zero-order chi connectivity index (χ0) is 21.8. The Morgan fingerprint density at radius 1 is 1.13 bits per heavy atom. The van der Waals surface area contributed by atoms with Crippen LogP contribution < -0.4 is 19.7 Å². The lowest BCUT2D eigenvalue weighted by Gasteiger charge is -2.27. The van der Waals surface area contributed by atoms with Crippen molar-refractivity contribution in [3.8, 4) is 11.5 Å². The van der Waals surface area contributed by atoms with Gasteiger partial charge in [-0.05, 0) is 38.1 Å². The molecule has 2 aromatic carbocycles. The summed E-state index contributed by atoms with van der Waals surface area (Å²) in [4.78, 5) is 39.0. The second kappa shape index (κ2) is 8.86. The number of esters is 1. The molecule has 158 valence electrons. The Balaban J connectivity index is 1.78. The van der Waals surface area contributed by atoms with Crippen LogP contribution in [0.5, 0.6) is 11.5 Å². The summed E-state index contributed by atoms with van der Waals surface area (Å²) in [5.74, 6) is -0.323. The smallest absolute Gasteiger partial charge is 0.338 e. The van der Waals surface area contributed by atoms with Gasteiger partial charge < -0.3 is 24.4 Å². The number of methoxy groups -OCH3 is 2. The first kappa shape index (κ1) is 21.2. The van der Waals surface area contributed by atoms with E-state index in [-0.39, 0.29) is 23.9 Å². The molecule has 8 nitrogen and oxygen atoms in total. The first-order valence-electron chi connectivity index (χ1n) is 9.46. The maximum Gasteiger partial charge on any atom is 0.338 e. The summed E-state index contributed by atoms with van der Waals surface area (Å²) < 4.78 is 15.8. The molecule has 8 heteroatoms. The Bertz CT molecular complexity index is 962. The molecule has 30 heavy (non-hydrogen) atoms. The maximum absolute atomic E-state index is 12.9. The fraction of sp³-hybridized carbons (Fsp3) is 0.318. The highest BCUT2D eigenvalue weighted by molar-refractivity contribution is 6.05. The van der Waals surface area contributed by atoms with Crippen LogP contribution in [0.3, 0.4) is 0 Å². The number of benzene rings is 2. The van der Waals surface area contributed by atoms with E-state index in [1.54, 1.807) is 31.2 Å². The SMILES string of the molecule is COc1cc(C(=O)OCC(=O)N2c3ccccc3NC(=O)CC2C)cc(OC)c1C. The summed E-state index contributed by atoms with van der Waals surface area (Å²) in [5, 5.41) is 2.79. The van der Waals surface area contributed by atoms with Crippen LogP contribution in [0.1, 0.15) is 29.3 Å². The lowest BCUT2D eigenvalue weighted by molar-refractivity contribution is -0.122. The van der Waals surface area contributed by atoms with Gasteiger partial charge in [0.15, 0.2) is 6.61 Å². The van der Waals surface area contributed by atoms with Crippen LogP contribution in [0.2, 0.25) is 0 Å². The number of rotatable bonds is 5. The van der Waals surface area contributed by atoms with Crippen molar-refractivity contribution in [1.82, 2.24) is 0 Å². The first-order chi connectivity index (χ1) is 14.3. The molecule has 1 atom stereocenters. The summed E-state index contributed by atoms with van der Waals surface area (Å²) in [6.07, 6.45) is 0.140. The van der Waals surface area contributed by atoms with Crippen molar-refractivity contribution < 1.29 is 28.6 Å². The standard InChI is InChI=1S/C22H24N2O6/c1-13-9-20(25)23-16-7-5-6-8-17(16)24(13)21(26)12-30-22(27)15-10-18(28-3)14(2)19(11-15)29-4/h5-8,10-11,13H,9,12H2,1-4H3,(H,23,25). The van der Waals surface area contributed by atoms with Crippen LogP contribution in [-0.4, -0.2) is 44.7 Å². The zero-order valence-corrected chi connectivity index (χ0v) is 17.4. The minimum Gasteiger partial charge on any atom is -0.496 e. The highest BCUT2D eigenvalue weighted by atomic mass is 16.5. The van der Waals surface area contributed by atoms with Gasteiger partial charge in [-0.3, -0.25) is 9.59 Å². The van der Waals surface area contributed by atoms with E-state index in [1.165, 1.54) is 31.3 Å². The number of anilines is 2. The average molecular weight is 412 g/mol. The summed E-state index contributed by atoms with van der Waals surface area (Å²) in [6.45, 7) is 3.12. The predicted octanol–water partition coefficient (Wildman–Crippen LogP) is 2.93. The molecule has 1 aliphatic heterocycles. The van der Waals surface area contributed by atoms with Crippen molar-refractivity contribution in [3.63, 3.8) is 0 Å². The lowest BCUT2D eigenvalue weighted by atomic mass is 10.1. The Morgan fingerprint density at radius 2 is 1.77 bits per heavy atom. The molecule has 2 aromatic rings. The maximum atomic E-state index is 12.9. The number of fused-ring (bicyclic) bond motifs is 1. The monoisotopic (exact) mass is 412 g/mol. The lowest BCUT2D eigenvalue weighted by Crippen LogP contribution is -2.41. The van der Waals surface area contributed by atoms with Crippen LogP contribution in [-0.2, 0) is 14.3 Å². The van der Waals surface area contributed by atoms with Crippen molar-refractivity contribution in [1.29, 1.82) is 0 Å². The summed E-state index contributed by atoms with van der Waals surface area (Å²) in [5.41, 5.74) is 2.07. The van der Waals surface area contributed by atoms with Gasteiger partial charge in [-0.15, -0.1) is 0 Å². The molecule has 0 saturated heterocycles. The minimum atomic E-state index is -0.676. The van der Waals surface area contributed by atoms with Gasteiger partial charge in [0.1, 0.15) is 11.5 Å². The first-order valence-corrected chi connectivity index (χ1v) is 9.46. The quantitative estimate of drug-likeness (QED) is 0.759. The number of ether oxygens (including phenoxy) is 3. The zero-order valence-electron chi connectivity index (χ0n) is 17.4. The third kappa shape index (κ3) is 4.22. The molecular weight excluding hydrogens is 388 g/mol. The molecule has 3 rings (SSSR count). The topological polar surface area (TPSA) is 94.2 Å². The van der Waals surface area contributed by atoms with E-state index in [1.807, 2.05) is 6.92 Å². The van der Waals surface area contributed by atoms with Gasteiger partial charge in [0.05, 0.1) is 31.2 Å². The van der Waals surface area contributed by atoms with E-state index < -0.39 is 18.5 Å². The summed E-state index contributed by atoms with van der Waals surface area (Å²) in [7, 11) is 2.99. The molecular formula is C22H24N2O6.